The Hall–Kier alpha value is -3.22. The minimum atomic E-state index is -0.229. The van der Waals surface area contributed by atoms with Crippen molar-refractivity contribution in [3.63, 3.8) is 0 Å². The molecule has 28 heavy (non-hydrogen) atoms. The number of rotatable bonds is 7. The van der Waals surface area contributed by atoms with Gasteiger partial charge in [0.15, 0.2) is 5.96 Å². The van der Waals surface area contributed by atoms with Crippen LogP contribution in [-0.4, -0.2) is 38.8 Å². The van der Waals surface area contributed by atoms with E-state index in [4.69, 9.17) is 9.47 Å². The summed E-state index contributed by atoms with van der Waals surface area (Å²) in [6.07, 6.45) is 2.67. The molecule has 0 aliphatic heterocycles. The maximum atomic E-state index is 13.5. The molecule has 1 heterocycles. The van der Waals surface area contributed by atoms with Gasteiger partial charge < -0.3 is 25.1 Å². The van der Waals surface area contributed by atoms with Crippen LogP contribution in [0.3, 0.4) is 0 Å². The summed E-state index contributed by atoms with van der Waals surface area (Å²) in [5.41, 5.74) is 3.00. The molecule has 3 rings (SSSR count). The van der Waals surface area contributed by atoms with Crippen LogP contribution in [0.1, 0.15) is 11.1 Å². The van der Waals surface area contributed by atoms with Crippen molar-refractivity contribution in [3.8, 4) is 11.5 Å². The van der Waals surface area contributed by atoms with E-state index >= 15 is 0 Å². The summed E-state index contributed by atoms with van der Waals surface area (Å²) < 4.78 is 24.1. The highest BCUT2D eigenvalue weighted by atomic mass is 19.1. The molecule has 0 radical (unpaired) electrons. The fraction of sp³-hybridized carbons (Fsp3) is 0.286. The normalized spacial score (nSPS) is 11.5. The minimum absolute atomic E-state index is 0.229. The first-order chi connectivity index (χ1) is 13.6. The lowest BCUT2D eigenvalue weighted by molar-refractivity contribution is 0.390. The zero-order valence-corrected chi connectivity index (χ0v) is 16.3. The van der Waals surface area contributed by atoms with Crippen LogP contribution in [0.4, 0.5) is 4.39 Å². The Balaban J connectivity index is 1.56. The van der Waals surface area contributed by atoms with Gasteiger partial charge >= 0.3 is 0 Å². The lowest BCUT2D eigenvalue weighted by atomic mass is 10.1. The molecule has 148 valence electrons. The first kappa shape index (κ1) is 19.5. The molecule has 0 spiro atoms. The molecule has 2 aromatic carbocycles. The molecular weight excluding hydrogens is 359 g/mol. The standard InChI is InChI=1S/C21H25FN4O2/c1-23-21(26-13-15-4-6-17(27-2)11-20(15)28-3)24-9-8-14-12-25-19-7-5-16(22)10-18(14)19/h4-7,10-12,25H,8-9,13H2,1-3H3,(H2,23,24,26). The Kier molecular flexibility index (Phi) is 6.37. The molecule has 0 amide bonds. The van der Waals surface area contributed by atoms with Gasteiger partial charge in [-0.25, -0.2) is 4.39 Å². The Labute approximate surface area is 163 Å². The number of nitrogens with zero attached hydrogens (tertiary/aromatic N) is 1. The number of hydrogen-bond acceptors (Lipinski definition) is 3. The van der Waals surface area contributed by atoms with Crippen LogP contribution in [-0.2, 0) is 13.0 Å². The molecular formula is C21H25FN4O2. The van der Waals surface area contributed by atoms with Crippen molar-refractivity contribution in [2.24, 2.45) is 4.99 Å². The van der Waals surface area contributed by atoms with Gasteiger partial charge in [0, 0.05) is 48.9 Å². The molecule has 0 saturated carbocycles. The van der Waals surface area contributed by atoms with E-state index in [1.165, 1.54) is 6.07 Å². The quantitative estimate of drug-likeness (QED) is 0.432. The first-order valence-corrected chi connectivity index (χ1v) is 9.05. The van der Waals surface area contributed by atoms with E-state index in [0.717, 1.165) is 39.9 Å². The number of fused-ring (bicyclic) bond motifs is 1. The smallest absolute Gasteiger partial charge is 0.191 e. The lowest BCUT2D eigenvalue weighted by Gasteiger charge is -2.14. The van der Waals surface area contributed by atoms with Gasteiger partial charge in [0.25, 0.3) is 0 Å². The zero-order valence-electron chi connectivity index (χ0n) is 16.3. The van der Waals surface area contributed by atoms with Crippen LogP contribution in [0, 0.1) is 5.82 Å². The highest BCUT2D eigenvalue weighted by molar-refractivity contribution is 5.83. The number of aromatic amines is 1. The van der Waals surface area contributed by atoms with Gasteiger partial charge in [-0.2, -0.15) is 0 Å². The van der Waals surface area contributed by atoms with E-state index in [-0.39, 0.29) is 5.82 Å². The molecule has 3 N–H and O–H groups in total. The summed E-state index contributed by atoms with van der Waals surface area (Å²) in [6, 6.07) is 10.5. The molecule has 6 nitrogen and oxygen atoms in total. The molecule has 0 aliphatic carbocycles. The monoisotopic (exact) mass is 384 g/mol. The molecule has 7 heteroatoms. The molecule has 1 aromatic heterocycles. The van der Waals surface area contributed by atoms with Crippen LogP contribution in [0.15, 0.2) is 47.6 Å². The average molecular weight is 384 g/mol. The largest absolute Gasteiger partial charge is 0.497 e. The third-order valence-electron chi connectivity index (χ3n) is 4.58. The van der Waals surface area contributed by atoms with Gasteiger partial charge in [-0.3, -0.25) is 4.99 Å². The van der Waals surface area contributed by atoms with E-state index < -0.39 is 0 Å². The summed E-state index contributed by atoms with van der Waals surface area (Å²) in [4.78, 5) is 7.42. The van der Waals surface area contributed by atoms with Crippen LogP contribution < -0.4 is 20.1 Å². The van der Waals surface area contributed by atoms with Crippen molar-refractivity contribution in [1.29, 1.82) is 0 Å². The van der Waals surface area contributed by atoms with E-state index in [1.807, 2.05) is 24.4 Å². The van der Waals surface area contributed by atoms with Crippen molar-refractivity contribution < 1.29 is 13.9 Å². The second-order valence-corrected chi connectivity index (χ2v) is 6.28. The summed E-state index contributed by atoms with van der Waals surface area (Å²) in [7, 11) is 4.98. The summed E-state index contributed by atoms with van der Waals surface area (Å²) in [5, 5.41) is 7.47. The summed E-state index contributed by atoms with van der Waals surface area (Å²) >= 11 is 0. The van der Waals surface area contributed by atoms with Gasteiger partial charge in [-0.05, 0) is 42.3 Å². The number of ether oxygens (including phenoxy) is 2. The molecule has 0 fully saturated rings. The maximum Gasteiger partial charge on any atom is 0.191 e. The van der Waals surface area contributed by atoms with Crippen molar-refractivity contribution in [2.75, 3.05) is 27.8 Å². The van der Waals surface area contributed by atoms with Gasteiger partial charge in [0.05, 0.1) is 14.2 Å². The first-order valence-electron chi connectivity index (χ1n) is 9.05. The lowest BCUT2D eigenvalue weighted by Crippen LogP contribution is -2.37. The number of aliphatic imine (C=N–C) groups is 1. The fourth-order valence-electron chi connectivity index (χ4n) is 3.07. The number of aromatic nitrogens is 1. The second kappa shape index (κ2) is 9.12. The maximum absolute atomic E-state index is 13.5. The highest BCUT2D eigenvalue weighted by Crippen LogP contribution is 2.24. The van der Waals surface area contributed by atoms with E-state index in [2.05, 4.69) is 20.6 Å². The topological polar surface area (TPSA) is 70.7 Å². The predicted octanol–water partition coefficient (Wildman–Crippen LogP) is 3.23. The highest BCUT2D eigenvalue weighted by Gasteiger charge is 2.08. The molecule has 0 saturated heterocycles. The van der Waals surface area contributed by atoms with E-state index in [9.17, 15) is 4.39 Å². The van der Waals surface area contributed by atoms with Crippen molar-refractivity contribution in [3.05, 3.63) is 59.5 Å². The average Bonchev–Trinajstić information content (AvgIpc) is 3.12. The predicted molar refractivity (Wildman–Crippen MR) is 110 cm³/mol. The Morgan fingerprint density at radius 2 is 1.93 bits per heavy atom. The molecule has 0 atom stereocenters. The number of hydrogen-bond donors (Lipinski definition) is 3. The van der Waals surface area contributed by atoms with Crippen LogP contribution >= 0.6 is 0 Å². The Morgan fingerprint density at radius 3 is 2.68 bits per heavy atom. The summed E-state index contributed by atoms with van der Waals surface area (Å²) in [6.45, 7) is 1.23. The van der Waals surface area contributed by atoms with Crippen LogP contribution in [0.2, 0.25) is 0 Å². The minimum Gasteiger partial charge on any atom is -0.497 e. The van der Waals surface area contributed by atoms with Gasteiger partial charge in [-0.1, -0.05) is 0 Å². The number of nitrogens with one attached hydrogen (secondary N) is 3. The molecule has 0 aliphatic rings. The molecule has 0 bridgehead atoms. The van der Waals surface area contributed by atoms with Crippen molar-refractivity contribution in [2.45, 2.75) is 13.0 Å². The van der Waals surface area contributed by atoms with Crippen molar-refractivity contribution >= 4 is 16.9 Å². The summed E-state index contributed by atoms with van der Waals surface area (Å²) in [5.74, 6) is 1.96. The Morgan fingerprint density at radius 1 is 1.07 bits per heavy atom. The van der Waals surface area contributed by atoms with Crippen LogP contribution in [0.25, 0.3) is 10.9 Å². The van der Waals surface area contributed by atoms with Gasteiger partial charge in [-0.15, -0.1) is 0 Å². The van der Waals surface area contributed by atoms with Crippen molar-refractivity contribution in [1.82, 2.24) is 15.6 Å². The number of methoxy groups -OCH3 is 2. The zero-order chi connectivity index (χ0) is 19.9. The third-order valence-corrected chi connectivity index (χ3v) is 4.58. The number of H-pyrrole nitrogens is 1. The third kappa shape index (κ3) is 4.54. The Bertz CT molecular complexity index is 968. The van der Waals surface area contributed by atoms with E-state index in [0.29, 0.717) is 19.0 Å². The number of halogens is 1. The molecule has 3 aromatic rings. The SMILES string of the molecule is CN=C(NCCc1c[nH]c2ccc(F)cc12)NCc1ccc(OC)cc1OC. The van der Waals surface area contributed by atoms with E-state index in [1.54, 1.807) is 33.4 Å². The number of guanidine groups is 1. The second-order valence-electron chi connectivity index (χ2n) is 6.28. The fourth-order valence-corrected chi connectivity index (χ4v) is 3.07. The van der Waals surface area contributed by atoms with Crippen LogP contribution in [0.5, 0.6) is 11.5 Å². The number of benzene rings is 2. The molecule has 0 unspecified atom stereocenters. The van der Waals surface area contributed by atoms with Gasteiger partial charge in [0.2, 0.25) is 0 Å². The van der Waals surface area contributed by atoms with Gasteiger partial charge in [0.1, 0.15) is 17.3 Å².